The van der Waals surface area contributed by atoms with Gasteiger partial charge < -0.3 is 20.0 Å². The molecule has 2 N–H and O–H groups in total. The Kier molecular flexibility index (Phi) is 6.49. The van der Waals surface area contributed by atoms with E-state index in [1.807, 2.05) is 12.1 Å². The van der Waals surface area contributed by atoms with E-state index in [1.54, 1.807) is 0 Å². The van der Waals surface area contributed by atoms with Crippen LogP contribution in [0.4, 0.5) is 22.7 Å². The zero-order valence-electron chi connectivity index (χ0n) is 25.2. The average Bonchev–Trinajstić information content (AvgIpc) is 2.98. The Morgan fingerprint density at radius 1 is 0.595 bits per heavy atom. The monoisotopic (exact) mass is 558 g/mol. The number of benzene rings is 4. The minimum absolute atomic E-state index is 0.0717. The van der Waals surface area contributed by atoms with Gasteiger partial charge in [0.1, 0.15) is 0 Å². The molecule has 7 rings (SSSR count). The van der Waals surface area contributed by atoms with Gasteiger partial charge in [-0.3, -0.25) is 0 Å². The quantitative estimate of drug-likeness (QED) is 0.261. The zero-order chi connectivity index (χ0) is 29.2. The molecule has 2 unspecified atom stereocenters. The van der Waals surface area contributed by atoms with E-state index in [-0.39, 0.29) is 22.7 Å². The van der Waals surface area contributed by atoms with E-state index in [9.17, 15) is 10.2 Å². The molecule has 4 nitrogen and oxygen atoms in total. The van der Waals surface area contributed by atoms with E-state index in [0.29, 0.717) is 0 Å². The van der Waals surface area contributed by atoms with Gasteiger partial charge in [-0.1, -0.05) is 88.4 Å². The van der Waals surface area contributed by atoms with Gasteiger partial charge in [-0.15, -0.1) is 0 Å². The highest BCUT2D eigenvalue weighted by atomic mass is 16.3. The molecule has 2 aliphatic heterocycles. The molecule has 4 aromatic rings. The smallest absolute Gasteiger partial charge is 0.0727 e. The number of anilines is 4. The van der Waals surface area contributed by atoms with Gasteiger partial charge in [0.2, 0.25) is 0 Å². The summed E-state index contributed by atoms with van der Waals surface area (Å²) in [6.07, 6.45) is 0.976. The van der Waals surface area contributed by atoms with Crippen molar-refractivity contribution >= 4 is 22.7 Å². The maximum atomic E-state index is 11.6. The first-order chi connectivity index (χ1) is 20.2. The van der Waals surface area contributed by atoms with Gasteiger partial charge in [-0.2, -0.15) is 0 Å². The van der Waals surface area contributed by atoms with Gasteiger partial charge in [0.15, 0.2) is 0 Å². The van der Waals surface area contributed by atoms with Crippen LogP contribution in [0.2, 0.25) is 0 Å². The Morgan fingerprint density at radius 2 is 1.02 bits per heavy atom. The second kappa shape index (κ2) is 10.00. The lowest BCUT2D eigenvalue weighted by Gasteiger charge is -2.51. The summed E-state index contributed by atoms with van der Waals surface area (Å²) in [6.45, 7) is 11.6. The van der Waals surface area contributed by atoms with Crippen molar-refractivity contribution in [1.82, 2.24) is 0 Å². The van der Waals surface area contributed by atoms with Gasteiger partial charge in [-0.05, 0) is 82.3 Å². The average molecular weight is 559 g/mol. The lowest BCUT2D eigenvalue weighted by molar-refractivity contribution is -0.0786. The molecule has 216 valence electrons. The number of hydrogen-bond donors (Lipinski definition) is 2. The zero-order valence-corrected chi connectivity index (χ0v) is 25.2. The summed E-state index contributed by atoms with van der Waals surface area (Å²) in [5.74, 6) is -0.596. The van der Waals surface area contributed by atoms with Crippen LogP contribution in [0.1, 0.15) is 74.6 Å². The van der Waals surface area contributed by atoms with Crippen molar-refractivity contribution in [3.8, 4) is 0 Å². The lowest BCUT2D eigenvalue weighted by atomic mass is 9.61. The first-order valence-corrected chi connectivity index (χ1v) is 15.5. The fourth-order valence-electron chi connectivity index (χ4n) is 7.60. The van der Waals surface area contributed by atoms with Gasteiger partial charge in [0.05, 0.1) is 12.2 Å². The lowest BCUT2D eigenvalue weighted by Crippen LogP contribution is -2.52. The van der Waals surface area contributed by atoms with Crippen molar-refractivity contribution in [3.63, 3.8) is 0 Å². The Hall–Kier alpha value is -3.60. The van der Waals surface area contributed by atoms with E-state index >= 15 is 0 Å². The van der Waals surface area contributed by atoms with E-state index in [1.165, 1.54) is 16.8 Å². The van der Waals surface area contributed by atoms with Crippen molar-refractivity contribution in [1.29, 1.82) is 0 Å². The highest BCUT2D eigenvalue weighted by Crippen LogP contribution is 2.54. The predicted octanol–water partition coefficient (Wildman–Crippen LogP) is 7.93. The number of rotatable bonds is 5. The van der Waals surface area contributed by atoms with Crippen molar-refractivity contribution in [2.75, 3.05) is 22.9 Å². The topological polar surface area (TPSA) is 46.9 Å². The van der Waals surface area contributed by atoms with Crippen LogP contribution in [0, 0.1) is 0 Å². The SMILES string of the molecule is CC1(C)CCN2CCC(C)(C)c3cc(C4C(O)C(c5ccc(N(c6ccccc6)c6ccccc6)cc5)C4O)cc1c32. The molecule has 0 bridgehead atoms. The number of nitrogens with zero attached hydrogens (tertiary/aromatic N) is 2. The molecule has 1 saturated carbocycles. The summed E-state index contributed by atoms with van der Waals surface area (Å²) in [4.78, 5) is 4.79. The third-order valence-electron chi connectivity index (χ3n) is 10.3. The molecule has 42 heavy (non-hydrogen) atoms. The van der Waals surface area contributed by atoms with E-state index < -0.39 is 12.2 Å². The Balaban J connectivity index is 1.20. The molecule has 0 saturated heterocycles. The minimum atomic E-state index is -0.634. The third-order valence-corrected chi connectivity index (χ3v) is 10.3. The predicted molar refractivity (Wildman–Crippen MR) is 173 cm³/mol. The molecule has 4 aromatic carbocycles. The maximum absolute atomic E-state index is 11.6. The standard InChI is InChI=1S/C38H42N2O2/c1-37(2)19-21-39-22-20-38(3,4)31-24-26(23-30(37)34(31)39)33-35(41)32(36(33)42)25-15-17-29(18-16-25)40(27-11-7-5-8-12-27)28-13-9-6-10-14-28/h5-18,23-24,32-33,35-36,41-42H,19-22H2,1-4H3. The summed E-state index contributed by atoms with van der Waals surface area (Å²) in [6, 6.07) is 33.7. The third kappa shape index (κ3) is 4.35. The van der Waals surface area contributed by atoms with Crippen molar-refractivity contribution in [3.05, 3.63) is 119 Å². The first-order valence-electron chi connectivity index (χ1n) is 15.5. The normalized spacial score (nSPS) is 25.3. The molecular weight excluding hydrogens is 516 g/mol. The van der Waals surface area contributed by atoms with E-state index in [0.717, 1.165) is 54.1 Å². The van der Waals surface area contributed by atoms with Gasteiger partial charge in [0, 0.05) is 47.7 Å². The first kappa shape index (κ1) is 27.2. The second-order valence-electron chi connectivity index (χ2n) is 13.9. The Bertz CT molecular complexity index is 1490. The van der Waals surface area contributed by atoms with Crippen LogP contribution in [-0.2, 0) is 10.8 Å². The molecule has 3 aliphatic rings. The molecule has 0 radical (unpaired) electrons. The molecule has 1 aliphatic carbocycles. The van der Waals surface area contributed by atoms with E-state index in [2.05, 4.69) is 122 Å². The van der Waals surface area contributed by atoms with Crippen LogP contribution in [0.25, 0.3) is 0 Å². The fourth-order valence-corrected chi connectivity index (χ4v) is 7.60. The number of hydrogen-bond acceptors (Lipinski definition) is 4. The molecule has 0 spiro atoms. The maximum Gasteiger partial charge on any atom is 0.0727 e. The molecule has 2 atom stereocenters. The molecule has 0 amide bonds. The molecule has 0 aromatic heterocycles. The van der Waals surface area contributed by atoms with Gasteiger partial charge >= 0.3 is 0 Å². The number of aliphatic hydroxyl groups is 2. The molecule has 4 heteroatoms. The summed E-state index contributed by atoms with van der Waals surface area (Å²) in [5, 5.41) is 23.2. The van der Waals surface area contributed by atoms with Crippen LogP contribution in [0.15, 0.2) is 97.1 Å². The minimum Gasteiger partial charge on any atom is -0.392 e. The van der Waals surface area contributed by atoms with Crippen LogP contribution in [-0.4, -0.2) is 35.5 Å². The van der Waals surface area contributed by atoms with Crippen LogP contribution < -0.4 is 9.80 Å². The van der Waals surface area contributed by atoms with Gasteiger partial charge in [-0.25, -0.2) is 0 Å². The van der Waals surface area contributed by atoms with Crippen LogP contribution >= 0.6 is 0 Å². The van der Waals surface area contributed by atoms with E-state index in [4.69, 9.17) is 0 Å². The molecule has 1 fully saturated rings. The van der Waals surface area contributed by atoms with Gasteiger partial charge in [0.25, 0.3) is 0 Å². The number of para-hydroxylation sites is 2. The largest absolute Gasteiger partial charge is 0.392 e. The fraction of sp³-hybridized carbons (Fsp3) is 0.368. The van der Waals surface area contributed by atoms with Crippen molar-refractivity contribution < 1.29 is 10.2 Å². The molecule has 2 heterocycles. The Labute approximate surface area is 250 Å². The highest BCUT2D eigenvalue weighted by molar-refractivity contribution is 5.76. The summed E-state index contributed by atoms with van der Waals surface area (Å²) in [5.41, 5.74) is 9.57. The summed E-state index contributed by atoms with van der Waals surface area (Å²) in [7, 11) is 0. The summed E-state index contributed by atoms with van der Waals surface area (Å²) < 4.78 is 0. The highest BCUT2D eigenvalue weighted by Gasteiger charge is 2.51. The van der Waals surface area contributed by atoms with Crippen molar-refractivity contribution in [2.24, 2.45) is 0 Å². The van der Waals surface area contributed by atoms with Crippen LogP contribution in [0.5, 0.6) is 0 Å². The molecular formula is C38H42N2O2. The summed E-state index contributed by atoms with van der Waals surface area (Å²) >= 11 is 0. The van der Waals surface area contributed by atoms with Crippen LogP contribution in [0.3, 0.4) is 0 Å². The van der Waals surface area contributed by atoms with Crippen molar-refractivity contribution in [2.45, 2.75) is 75.4 Å². The Morgan fingerprint density at radius 3 is 1.50 bits per heavy atom. The number of aliphatic hydroxyl groups excluding tert-OH is 2. The second-order valence-corrected chi connectivity index (χ2v) is 13.9.